The Morgan fingerprint density at radius 3 is 3.06 bits per heavy atom. The third-order valence-corrected chi connectivity index (χ3v) is 3.34. The zero-order chi connectivity index (χ0) is 13.0. The first kappa shape index (κ1) is 12.7. The van der Waals surface area contributed by atoms with Crippen LogP contribution in [0.25, 0.3) is 0 Å². The van der Waals surface area contributed by atoms with Crippen LogP contribution >= 0.6 is 0 Å². The summed E-state index contributed by atoms with van der Waals surface area (Å²) in [4.78, 5) is 19.0. The molecule has 0 bridgehead atoms. The topological polar surface area (TPSA) is 51.5 Å². The molecule has 0 aliphatic carbocycles. The van der Waals surface area contributed by atoms with Crippen molar-refractivity contribution in [1.82, 2.24) is 4.98 Å². The van der Waals surface area contributed by atoms with Crippen molar-refractivity contribution in [3.8, 4) is 5.88 Å². The van der Waals surface area contributed by atoms with E-state index in [0.29, 0.717) is 24.1 Å². The zero-order valence-corrected chi connectivity index (χ0v) is 10.8. The first-order valence-corrected chi connectivity index (χ1v) is 6.40. The number of carbonyl (C=O) groups is 1. The summed E-state index contributed by atoms with van der Waals surface area (Å²) in [5.41, 5.74) is 2.27. The Hall–Kier alpha value is -1.71. The Kier molecular flexibility index (Phi) is 4.07. The molecule has 1 atom stereocenters. The molecule has 0 fully saturated rings. The second-order valence-corrected chi connectivity index (χ2v) is 4.64. The van der Waals surface area contributed by atoms with Gasteiger partial charge in [-0.15, -0.1) is 0 Å². The van der Waals surface area contributed by atoms with Crippen LogP contribution in [0.3, 0.4) is 0 Å². The number of fused-ring (bicyclic) bond motifs is 1. The maximum Gasteiger partial charge on any atom is 0.299 e. The van der Waals surface area contributed by atoms with Crippen molar-refractivity contribution < 1.29 is 9.53 Å². The van der Waals surface area contributed by atoms with Crippen molar-refractivity contribution in [3.63, 3.8) is 0 Å². The quantitative estimate of drug-likeness (QED) is 0.750. The van der Waals surface area contributed by atoms with E-state index in [4.69, 9.17) is 4.74 Å². The van der Waals surface area contributed by atoms with Crippen LogP contribution in [0.15, 0.2) is 17.1 Å². The van der Waals surface area contributed by atoms with E-state index < -0.39 is 0 Å². The van der Waals surface area contributed by atoms with E-state index in [2.05, 4.69) is 23.8 Å². The van der Waals surface area contributed by atoms with Gasteiger partial charge in [-0.3, -0.25) is 4.79 Å². The van der Waals surface area contributed by atoms with Gasteiger partial charge >= 0.3 is 0 Å². The monoisotopic (exact) mass is 246 g/mol. The molecule has 96 valence electrons. The van der Waals surface area contributed by atoms with Crippen LogP contribution in [0.5, 0.6) is 5.88 Å². The fraction of sp³-hybridized carbons (Fsp3) is 0.500. The number of nitrogens with zero attached hydrogens (tertiary/aromatic N) is 2. The minimum absolute atomic E-state index is 0.312. The summed E-state index contributed by atoms with van der Waals surface area (Å²) in [6.45, 7) is 4.64. The molecule has 0 radical (unpaired) electrons. The average molecular weight is 246 g/mol. The van der Waals surface area contributed by atoms with Crippen molar-refractivity contribution in [2.45, 2.75) is 39.5 Å². The molecule has 1 aliphatic rings. The third kappa shape index (κ3) is 2.75. The molecule has 2 rings (SSSR count). The maximum atomic E-state index is 10.3. The smallest absolute Gasteiger partial charge is 0.299 e. The van der Waals surface area contributed by atoms with Crippen LogP contribution in [0.1, 0.15) is 38.7 Å². The number of carbonyl (C=O) groups excluding carboxylic acids is 1. The standard InChI is InChI=1S/C14H18N2O2/c1-3-4-5-11-8-12-6-7-13(18-9-17)16-14(12)15-10(11)2/h6-7,9,11H,3-5,8H2,1-2H3. The van der Waals surface area contributed by atoms with Crippen LogP contribution in [0.4, 0.5) is 5.82 Å². The second-order valence-electron chi connectivity index (χ2n) is 4.64. The van der Waals surface area contributed by atoms with Crippen molar-refractivity contribution in [1.29, 1.82) is 0 Å². The molecular formula is C14H18N2O2. The first-order chi connectivity index (χ1) is 8.74. The lowest BCUT2D eigenvalue weighted by atomic mass is 9.88. The summed E-state index contributed by atoms with van der Waals surface area (Å²) in [6.07, 6.45) is 4.60. The SMILES string of the molecule is CCCCC1Cc2ccc(OC=O)nc2N=C1C. The normalized spacial score (nSPS) is 17.9. The van der Waals surface area contributed by atoms with Gasteiger partial charge in [-0.25, -0.2) is 4.99 Å². The number of ether oxygens (including phenoxy) is 1. The molecule has 1 aromatic rings. The number of aliphatic imine (C=N–C) groups is 1. The highest BCUT2D eigenvalue weighted by Gasteiger charge is 2.21. The summed E-state index contributed by atoms with van der Waals surface area (Å²) in [7, 11) is 0. The lowest BCUT2D eigenvalue weighted by Gasteiger charge is -2.22. The molecule has 0 saturated carbocycles. The van der Waals surface area contributed by atoms with Gasteiger partial charge in [0.1, 0.15) is 0 Å². The number of rotatable bonds is 5. The van der Waals surface area contributed by atoms with Gasteiger partial charge in [0.05, 0.1) is 0 Å². The fourth-order valence-corrected chi connectivity index (χ4v) is 2.26. The average Bonchev–Trinajstić information content (AvgIpc) is 2.37. The van der Waals surface area contributed by atoms with Gasteiger partial charge < -0.3 is 4.74 Å². The number of unbranched alkanes of at least 4 members (excludes halogenated alkanes) is 1. The van der Waals surface area contributed by atoms with Crippen LogP contribution in [-0.4, -0.2) is 17.2 Å². The molecule has 0 saturated heterocycles. The van der Waals surface area contributed by atoms with Crippen molar-refractivity contribution in [2.75, 3.05) is 0 Å². The van der Waals surface area contributed by atoms with Crippen molar-refractivity contribution in [2.24, 2.45) is 10.9 Å². The lowest BCUT2D eigenvalue weighted by molar-refractivity contribution is -0.120. The minimum Gasteiger partial charge on any atom is -0.410 e. The molecule has 2 heterocycles. The Morgan fingerprint density at radius 2 is 2.33 bits per heavy atom. The van der Waals surface area contributed by atoms with Gasteiger partial charge in [-0.1, -0.05) is 19.8 Å². The fourth-order valence-electron chi connectivity index (χ4n) is 2.26. The van der Waals surface area contributed by atoms with Gasteiger partial charge in [0, 0.05) is 17.7 Å². The molecule has 4 heteroatoms. The van der Waals surface area contributed by atoms with Crippen molar-refractivity contribution in [3.05, 3.63) is 17.7 Å². The molecular weight excluding hydrogens is 228 g/mol. The number of pyridine rings is 1. The highest BCUT2D eigenvalue weighted by atomic mass is 16.5. The maximum absolute atomic E-state index is 10.3. The highest BCUT2D eigenvalue weighted by molar-refractivity contribution is 5.88. The van der Waals surface area contributed by atoms with Gasteiger partial charge in [-0.2, -0.15) is 4.98 Å². The van der Waals surface area contributed by atoms with E-state index in [-0.39, 0.29) is 0 Å². The van der Waals surface area contributed by atoms with Gasteiger partial charge in [0.25, 0.3) is 6.47 Å². The van der Waals surface area contributed by atoms with Crippen molar-refractivity contribution >= 4 is 18.0 Å². The predicted octanol–water partition coefficient (Wildman–Crippen LogP) is 3.07. The van der Waals surface area contributed by atoms with Crippen LogP contribution < -0.4 is 4.74 Å². The molecule has 1 aliphatic heterocycles. The van der Waals surface area contributed by atoms with E-state index in [9.17, 15) is 4.79 Å². The highest BCUT2D eigenvalue weighted by Crippen LogP contribution is 2.30. The Balaban J connectivity index is 2.19. The summed E-state index contributed by atoms with van der Waals surface area (Å²) in [6, 6.07) is 3.68. The first-order valence-electron chi connectivity index (χ1n) is 6.40. The van der Waals surface area contributed by atoms with Gasteiger partial charge in [0.15, 0.2) is 5.82 Å². The number of hydrogen-bond acceptors (Lipinski definition) is 4. The van der Waals surface area contributed by atoms with E-state index in [1.54, 1.807) is 6.07 Å². The van der Waals surface area contributed by atoms with Crippen LogP contribution in [0.2, 0.25) is 0 Å². The molecule has 0 aromatic carbocycles. The van der Waals surface area contributed by atoms with Gasteiger partial charge in [0.2, 0.25) is 5.88 Å². The zero-order valence-electron chi connectivity index (χ0n) is 10.8. The van der Waals surface area contributed by atoms with Crippen LogP contribution in [-0.2, 0) is 11.2 Å². The summed E-state index contributed by atoms with van der Waals surface area (Å²) in [5.74, 6) is 1.53. The van der Waals surface area contributed by atoms with E-state index in [0.717, 1.165) is 17.7 Å². The Labute approximate surface area is 107 Å². The molecule has 1 unspecified atom stereocenters. The molecule has 0 amide bonds. The number of aromatic nitrogens is 1. The molecule has 1 aromatic heterocycles. The van der Waals surface area contributed by atoms with E-state index >= 15 is 0 Å². The van der Waals surface area contributed by atoms with Gasteiger partial charge in [-0.05, 0) is 31.4 Å². The Morgan fingerprint density at radius 1 is 1.50 bits per heavy atom. The number of hydrogen-bond donors (Lipinski definition) is 0. The van der Waals surface area contributed by atoms with E-state index in [1.807, 2.05) is 6.07 Å². The second kappa shape index (κ2) is 5.76. The summed E-state index contributed by atoms with van der Waals surface area (Å²) < 4.78 is 4.74. The molecule has 0 spiro atoms. The summed E-state index contributed by atoms with van der Waals surface area (Å²) >= 11 is 0. The molecule has 0 N–H and O–H groups in total. The largest absolute Gasteiger partial charge is 0.410 e. The predicted molar refractivity (Wildman–Crippen MR) is 70.4 cm³/mol. The summed E-state index contributed by atoms with van der Waals surface area (Å²) in [5, 5.41) is 0. The molecule has 4 nitrogen and oxygen atoms in total. The molecule has 18 heavy (non-hydrogen) atoms. The lowest BCUT2D eigenvalue weighted by Crippen LogP contribution is -2.18. The third-order valence-electron chi connectivity index (χ3n) is 3.34. The minimum atomic E-state index is 0.312. The van der Waals surface area contributed by atoms with Crippen LogP contribution in [0, 0.1) is 5.92 Å². The Bertz CT molecular complexity index is 469. The van der Waals surface area contributed by atoms with E-state index in [1.165, 1.54) is 19.3 Å².